The summed E-state index contributed by atoms with van der Waals surface area (Å²) in [6, 6.07) is 26.9. The van der Waals surface area contributed by atoms with Crippen molar-refractivity contribution < 1.29 is 0 Å². The van der Waals surface area contributed by atoms with E-state index in [-0.39, 0.29) is 0 Å². The van der Waals surface area contributed by atoms with Crippen LogP contribution in [0, 0.1) is 0 Å². The second-order valence-corrected chi connectivity index (χ2v) is 7.81. The summed E-state index contributed by atoms with van der Waals surface area (Å²) < 4.78 is 0. The SMILES string of the molecule is CC(C)c1ccc(-c2ccc(C(C)C)c3ccccc23)c2ccccc12. The van der Waals surface area contributed by atoms with Gasteiger partial charge in [0.15, 0.2) is 0 Å². The van der Waals surface area contributed by atoms with Gasteiger partial charge in [-0.3, -0.25) is 0 Å². The summed E-state index contributed by atoms with van der Waals surface area (Å²) in [5.41, 5.74) is 5.51. The summed E-state index contributed by atoms with van der Waals surface area (Å²) in [4.78, 5) is 0. The Hall–Kier alpha value is -2.60. The van der Waals surface area contributed by atoms with E-state index >= 15 is 0 Å². The van der Waals surface area contributed by atoms with Crippen LogP contribution < -0.4 is 0 Å². The summed E-state index contributed by atoms with van der Waals surface area (Å²) in [5.74, 6) is 1.04. The highest BCUT2D eigenvalue weighted by atomic mass is 14.2. The van der Waals surface area contributed by atoms with Crippen molar-refractivity contribution in [3.63, 3.8) is 0 Å². The number of fused-ring (bicyclic) bond motifs is 2. The van der Waals surface area contributed by atoms with Crippen molar-refractivity contribution >= 4 is 21.5 Å². The lowest BCUT2D eigenvalue weighted by atomic mass is 9.87. The molecule has 0 fully saturated rings. The average molecular weight is 338 g/mol. The fourth-order valence-electron chi connectivity index (χ4n) is 4.12. The van der Waals surface area contributed by atoms with E-state index in [1.807, 2.05) is 0 Å². The maximum atomic E-state index is 2.31. The van der Waals surface area contributed by atoms with Crippen molar-refractivity contribution in [2.75, 3.05) is 0 Å². The molecule has 0 N–H and O–H groups in total. The molecule has 0 saturated heterocycles. The quantitative estimate of drug-likeness (QED) is 0.356. The number of benzene rings is 4. The minimum absolute atomic E-state index is 0.522. The zero-order valence-corrected chi connectivity index (χ0v) is 16.1. The predicted molar refractivity (Wildman–Crippen MR) is 115 cm³/mol. The zero-order chi connectivity index (χ0) is 18.3. The monoisotopic (exact) mass is 338 g/mol. The summed E-state index contributed by atoms with van der Waals surface area (Å²) >= 11 is 0. The van der Waals surface area contributed by atoms with Gasteiger partial charge in [-0.05, 0) is 55.6 Å². The van der Waals surface area contributed by atoms with Gasteiger partial charge in [0, 0.05) is 0 Å². The van der Waals surface area contributed by atoms with E-state index in [0.717, 1.165) is 0 Å². The second kappa shape index (κ2) is 6.61. The van der Waals surface area contributed by atoms with Gasteiger partial charge in [0.1, 0.15) is 0 Å². The van der Waals surface area contributed by atoms with Gasteiger partial charge in [0.25, 0.3) is 0 Å². The van der Waals surface area contributed by atoms with E-state index in [2.05, 4.69) is 100 Å². The first-order valence-electron chi connectivity index (χ1n) is 9.61. The van der Waals surface area contributed by atoms with Gasteiger partial charge in [-0.2, -0.15) is 0 Å². The molecule has 0 nitrogen and oxygen atoms in total. The molecule has 4 aromatic rings. The highest BCUT2D eigenvalue weighted by molar-refractivity contribution is 6.07. The molecule has 0 aliphatic heterocycles. The lowest BCUT2D eigenvalue weighted by Gasteiger charge is -2.17. The maximum absolute atomic E-state index is 2.31. The summed E-state index contributed by atoms with van der Waals surface area (Å²) in [7, 11) is 0. The normalized spacial score (nSPS) is 11.8. The third-order valence-electron chi connectivity index (χ3n) is 5.45. The van der Waals surface area contributed by atoms with Crippen LogP contribution in [0.25, 0.3) is 32.7 Å². The summed E-state index contributed by atoms with van der Waals surface area (Å²) in [6.45, 7) is 9.09. The van der Waals surface area contributed by atoms with Crippen molar-refractivity contribution in [2.24, 2.45) is 0 Å². The maximum Gasteiger partial charge on any atom is -0.00990 e. The summed E-state index contributed by atoms with van der Waals surface area (Å²) in [5, 5.41) is 5.44. The van der Waals surface area contributed by atoms with Crippen molar-refractivity contribution in [2.45, 2.75) is 39.5 Å². The van der Waals surface area contributed by atoms with E-state index in [9.17, 15) is 0 Å². The number of rotatable bonds is 3. The molecule has 0 saturated carbocycles. The smallest absolute Gasteiger partial charge is 0.00990 e. The first-order chi connectivity index (χ1) is 12.6. The third-order valence-corrected chi connectivity index (χ3v) is 5.45. The molecular formula is C26H26. The van der Waals surface area contributed by atoms with Crippen molar-refractivity contribution in [1.29, 1.82) is 0 Å². The molecule has 26 heavy (non-hydrogen) atoms. The molecule has 0 amide bonds. The fourth-order valence-corrected chi connectivity index (χ4v) is 4.12. The number of hydrogen-bond acceptors (Lipinski definition) is 0. The van der Waals surface area contributed by atoms with Gasteiger partial charge in [-0.1, -0.05) is 100 Å². The Morgan fingerprint density at radius 3 is 1.12 bits per heavy atom. The van der Waals surface area contributed by atoms with Crippen LogP contribution in [0.2, 0.25) is 0 Å². The Kier molecular flexibility index (Phi) is 4.28. The van der Waals surface area contributed by atoms with Crippen LogP contribution in [-0.2, 0) is 0 Å². The van der Waals surface area contributed by atoms with E-state index < -0.39 is 0 Å². The average Bonchev–Trinajstić information content (AvgIpc) is 2.66. The Morgan fingerprint density at radius 1 is 0.423 bits per heavy atom. The first-order valence-corrected chi connectivity index (χ1v) is 9.61. The van der Waals surface area contributed by atoms with Crippen molar-refractivity contribution in [3.8, 4) is 11.1 Å². The van der Waals surface area contributed by atoms with Crippen LogP contribution in [0.5, 0.6) is 0 Å². The minimum Gasteiger partial charge on any atom is -0.0616 e. The molecule has 0 spiro atoms. The second-order valence-electron chi connectivity index (χ2n) is 7.81. The predicted octanol–water partition coefficient (Wildman–Crippen LogP) is 7.91. The molecule has 4 aromatic carbocycles. The lowest BCUT2D eigenvalue weighted by Crippen LogP contribution is -1.94. The van der Waals surface area contributed by atoms with Crippen LogP contribution >= 0.6 is 0 Å². The summed E-state index contributed by atoms with van der Waals surface area (Å²) in [6.07, 6.45) is 0. The molecule has 0 heterocycles. The largest absolute Gasteiger partial charge is 0.0616 e. The Labute approximate surface area is 156 Å². The zero-order valence-electron chi connectivity index (χ0n) is 16.1. The molecule has 0 aromatic heterocycles. The van der Waals surface area contributed by atoms with Crippen LogP contribution in [0.1, 0.15) is 50.7 Å². The Balaban J connectivity index is 2.06. The molecule has 0 unspecified atom stereocenters. The van der Waals surface area contributed by atoms with E-state index in [1.165, 1.54) is 43.8 Å². The van der Waals surface area contributed by atoms with Gasteiger partial charge >= 0.3 is 0 Å². The van der Waals surface area contributed by atoms with E-state index in [4.69, 9.17) is 0 Å². The molecule has 0 atom stereocenters. The first kappa shape index (κ1) is 16.8. The van der Waals surface area contributed by atoms with Gasteiger partial charge in [-0.25, -0.2) is 0 Å². The van der Waals surface area contributed by atoms with Gasteiger partial charge < -0.3 is 0 Å². The van der Waals surface area contributed by atoms with Crippen molar-refractivity contribution in [3.05, 3.63) is 83.9 Å². The highest BCUT2D eigenvalue weighted by Gasteiger charge is 2.14. The Morgan fingerprint density at radius 2 is 0.769 bits per heavy atom. The van der Waals surface area contributed by atoms with E-state index in [0.29, 0.717) is 11.8 Å². The van der Waals surface area contributed by atoms with Crippen LogP contribution in [0.15, 0.2) is 72.8 Å². The molecule has 130 valence electrons. The highest BCUT2D eigenvalue weighted by Crippen LogP contribution is 2.38. The molecule has 0 radical (unpaired) electrons. The van der Waals surface area contributed by atoms with Crippen LogP contribution in [0.4, 0.5) is 0 Å². The topological polar surface area (TPSA) is 0 Å². The molecule has 0 bridgehead atoms. The lowest BCUT2D eigenvalue weighted by molar-refractivity contribution is 0.876. The van der Waals surface area contributed by atoms with Crippen molar-refractivity contribution in [1.82, 2.24) is 0 Å². The Bertz CT molecular complexity index is 994. The third kappa shape index (κ3) is 2.70. The molecule has 0 aliphatic carbocycles. The molecular weight excluding hydrogens is 312 g/mol. The van der Waals surface area contributed by atoms with Crippen LogP contribution in [-0.4, -0.2) is 0 Å². The van der Waals surface area contributed by atoms with Gasteiger partial charge in [0.05, 0.1) is 0 Å². The molecule has 4 rings (SSSR count). The molecule has 0 aliphatic rings. The van der Waals surface area contributed by atoms with E-state index in [1.54, 1.807) is 0 Å². The van der Waals surface area contributed by atoms with Gasteiger partial charge in [0.2, 0.25) is 0 Å². The van der Waals surface area contributed by atoms with Gasteiger partial charge in [-0.15, -0.1) is 0 Å². The molecule has 0 heteroatoms. The number of hydrogen-bond donors (Lipinski definition) is 0. The minimum atomic E-state index is 0.522. The fraction of sp³-hybridized carbons (Fsp3) is 0.231. The van der Waals surface area contributed by atoms with Crippen LogP contribution in [0.3, 0.4) is 0 Å². The standard InChI is InChI=1S/C26H26/c1-17(2)19-13-15-25(23-11-7-5-9-21(19)23)26-16-14-20(18(3)4)22-10-6-8-12-24(22)26/h5-18H,1-4H3.